The molecule has 3 nitrogen and oxygen atoms in total. The van der Waals surface area contributed by atoms with Gasteiger partial charge >= 0.3 is 0 Å². The van der Waals surface area contributed by atoms with E-state index in [0.717, 1.165) is 22.6 Å². The van der Waals surface area contributed by atoms with Crippen molar-refractivity contribution in [3.05, 3.63) is 51.7 Å². The molecule has 1 N–H and O–H groups in total. The van der Waals surface area contributed by atoms with Crippen LogP contribution < -0.4 is 10.1 Å². The topological polar surface area (TPSA) is 38.3 Å². The van der Waals surface area contributed by atoms with Crippen molar-refractivity contribution in [2.75, 3.05) is 6.54 Å². The Hall–Kier alpha value is -1.81. The minimum atomic E-state index is -0.00736. The molecule has 0 fully saturated rings. The number of carbonyl (C=O) groups is 1. The number of benzene rings is 1. The fourth-order valence-corrected chi connectivity index (χ4v) is 3.10. The van der Waals surface area contributed by atoms with Gasteiger partial charge < -0.3 is 10.1 Å². The molecule has 4 heteroatoms. The lowest BCUT2D eigenvalue weighted by Crippen LogP contribution is -2.34. The maximum atomic E-state index is 12.0. The van der Waals surface area contributed by atoms with Crippen LogP contribution >= 0.6 is 11.3 Å². The molecule has 0 radical (unpaired) electrons. The van der Waals surface area contributed by atoms with Crippen molar-refractivity contribution >= 4 is 17.2 Å². The van der Waals surface area contributed by atoms with Gasteiger partial charge in [0.2, 0.25) is 0 Å². The van der Waals surface area contributed by atoms with Crippen LogP contribution in [0.4, 0.5) is 0 Å². The van der Waals surface area contributed by atoms with Crippen molar-refractivity contribution < 1.29 is 9.53 Å². The molecule has 1 atom stereocenters. The SMILES string of the molecule is Cc1ccsc1C(=O)NC[C@H]1Cc2ccccc2O1. The quantitative estimate of drug-likeness (QED) is 0.934. The Morgan fingerprint density at radius 3 is 3.00 bits per heavy atom. The number of fused-ring (bicyclic) bond motifs is 1. The van der Waals surface area contributed by atoms with Gasteiger partial charge in [-0.25, -0.2) is 0 Å². The molecule has 0 spiro atoms. The predicted octanol–water partition coefficient (Wildman–Crippen LogP) is 2.79. The van der Waals surface area contributed by atoms with E-state index < -0.39 is 0 Å². The van der Waals surface area contributed by atoms with Crippen LogP contribution in [0.1, 0.15) is 20.8 Å². The Bertz CT molecular complexity index is 581. The zero-order valence-electron chi connectivity index (χ0n) is 10.7. The minimum absolute atomic E-state index is 0.00736. The largest absolute Gasteiger partial charge is 0.488 e. The molecule has 2 heterocycles. The number of nitrogens with one attached hydrogen (secondary N) is 1. The Balaban J connectivity index is 1.58. The molecule has 1 aromatic heterocycles. The molecule has 0 aliphatic carbocycles. The van der Waals surface area contributed by atoms with Gasteiger partial charge in [0.05, 0.1) is 11.4 Å². The molecule has 19 heavy (non-hydrogen) atoms. The second-order valence-corrected chi connectivity index (χ2v) is 5.61. The summed E-state index contributed by atoms with van der Waals surface area (Å²) in [5, 5.41) is 4.89. The predicted molar refractivity (Wildman–Crippen MR) is 76.0 cm³/mol. The summed E-state index contributed by atoms with van der Waals surface area (Å²) in [7, 11) is 0. The highest BCUT2D eigenvalue weighted by Gasteiger charge is 2.23. The van der Waals surface area contributed by atoms with Gasteiger partial charge in [-0.3, -0.25) is 4.79 Å². The van der Waals surface area contributed by atoms with E-state index in [9.17, 15) is 4.79 Å². The monoisotopic (exact) mass is 273 g/mol. The molecular weight excluding hydrogens is 258 g/mol. The summed E-state index contributed by atoms with van der Waals surface area (Å²) in [6.45, 7) is 2.50. The molecule has 98 valence electrons. The third-order valence-corrected chi connectivity index (χ3v) is 4.29. The van der Waals surface area contributed by atoms with Gasteiger partial charge in [0.15, 0.2) is 0 Å². The Morgan fingerprint density at radius 1 is 1.42 bits per heavy atom. The van der Waals surface area contributed by atoms with Crippen LogP contribution in [0.25, 0.3) is 0 Å². The summed E-state index contributed by atoms with van der Waals surface area (Å²) in [4.78, 5) is 12.8. The fourth-order valence-electron chi connectivity index (χ4n) is 2.26. The lowest BCUT2D eigenvalue weighted by Gasteiger charge is -2.11. The van der Waals surface area contributed by atoms with Crippen molar-refractivity contribution in [1.82, 2.24) is 5.32 Å². The number of ether oxygens (including phenoxy) is 1. The van der Waals surface area contributed by atoms with E-state index in [1.807, 2.05) is 36.6 Å². The third kappa shape index (κ3) is 2.49. The first kappa shape index (κ1) is 12.2. The summed E-state index contributed by atoms with van der Waals surface area (Å²) in [5.41, 5.74) is 2.24. The standard InChI is InChI=1S/C15H15NO2S/c1-10-6-7-19-14(10)15(17)16-9-12-8-11-4-2-3-5-13(11)18-12/h2-7,12H,8-9H2,1H3,(H,16,17)/t12-/m1/s1. The van der Waals surface area contributed by atoms with E-state index >= 15 is 0 Å². The highest BCUT2D eigenvalue weighted by molar-refractivity contribution is 7.12. The van der Waals surface area contributed by atoms with E-state index in [2.05, 4.69) is 11.4 Å². The lowest BCUT2D eigenvalue weighted by molar-refractivity contribution is 0.0937. The van der Waals surface area contributed by atoms with Gasteiger partial charge in [-0.05, 0) is 35.6 Å². The normalized spacial score (nSPS) is 16.8. The number of rotatable bonds is 3. The number of carbonyl (C=O) groups excluding carboxylic acids is 1. The lowest BCUT2D eigenvalue weighted by atomic mass is 10.1. The van der Waals surface area contributed by atoms with Gasteiger partial charge in [-0.2, -0.15) is 0 Å². The summed E-state index contributed by atoms with van der Waals surface area (Å²) < 4.78 is 5.79. The second kappa shape index (κ2) is 5.05. The van der Waals surface area contributed by atoms with Gasteiger partial charge in [0, 0.05) is 6.42 Å². The smallest absolute Gasteiger partial charge is 0.261 e. The van der Waals surface area contributed by atoms with Crippen molar-refractivity contribution in [3.8, 4) is 5.75 Å². The highest BCUT2D eigenvalue weighted by Crippen LogP contribution is 2.27. The highest BCUT2D eigenvalue weighted by atomic mass is 32.1. The first-order chi connectivity index (χ1) is 9.24. The van der Waals surface area contributed by atoms with Crippen molar-refractivity contribution in [3.63, 3.8) is 0 Å². The van der Waals surface area contributed by atoms with Gasteiger partial charge in [-0.15, -0.1) is 11.3 Å². The maximum Gasteiger partial charge on any atom is 0.261 e. The average Bonchev–Trinajstić information content (AvgIpc) is 3.01. The van der Waals surface area contributed by atoms with Crippen LogP contribution in [0.15, 0.2) is 35.7 Å². The average molecular weight is 273 g/mol. The third-order valence-electron chi connectivity index (χ3n) is 3.27. The molecule has 1 aromatic carbocycles. The molecule has 0 saturated carbocycles. The molecule has 1 amide bonds. The molecule has 2 aromatic rings. The molecule has 3 rings (SSSR count). The number of amides is 1. The fraction of sp³-hybridized carbons (Fsp3) is 0.267. The van der Waals surface area contributed by atoms with E-state index in [1.165, 1.54) is 16.9 Å². The second-order valence-electron chi connectivity index (χ2n) is 4.69. The van der Waals surface area contributed by atoms with Crippen LogP contribution in [0.3, 0.4) is 0 Å². The van der Waals surface area contributed by atoms with Crippen LogP contribution in [-0.4, -0.2) is 18.6 Å². The first-order valence-electron chi connectivity index (χ1n) is 6.31. The Kier molecular flexibility index (Phi) is 3.25. The van der Waals surface area contributed by atoms with Gasteiger partial charge in [0.1, 0.15) is 11.9 Å². The summed E-state index contributed by atoms with van der Waals surface area (Å²) in [6, 6.07) is 9.98. The van der Waals surface area contributed by atoms with Crippen molar-refractivity contribution in [2.45, 2.75) is 19.4 Å². The number of thiophene rings is 1. The minimum Gasteiger partial charge on any atom is -0.488 e. The van der Waals surface area contributed by atoms with Crippen molar-refractivity contribution in [2.24, 2.45) is 0 Å². The molecule has 1 aliphatic heterocycles. The Labute approximate surface area is 116 Å². The van der Waals surface area contributed by atoms with E-state index in [4.69, 9.17) is 4.74 Å². The van der Waals surface area contributed by atoms with Crippen LogP contribution in [-0.2, 0) is 6.42 Å². The number of hydrogen-bond donors (Lipinski definition) is 1. The molecule has 0 bridgehead atoms. The number of aryl methyl sites for hydroxylation is 1. The number of hydrogen-bond acceptors (Lipinski definition) is 3. The zero-order chi connectivity index (χ0) is 13.2. The van der Waals surface area contributed by atoms with E-state index in [-0.39, 0.29) is 12.0 Å². The first-order valence-corrected chi connectivity index (χ1v) is 7.19. The summed E-state index contributed by atoms with van der Waals surface area (Å²) in [6.07, 6.45) is 0.904. The van der Waals surface area contributed by atoms with Crippen LogP contribution in [0, 0.1) is 6.92 Å². The van der Waals surface area contributed by atoms with Crippen LogP contribution in [0.2, 0.25) is 0 Å². The maximum absolute atomic E-state index is 12.0. The van der Waals surface area contributed by atoms with Gasteiger partial charge in [-0.1, -0.05) is 18.2 Å². The van der Waals surface area contributed by atoms with Crippen LogP contribution in [0.5, 0.6) is 5.75 Å². The van der Waals surface area contributed by atoms with E-state index in [0.29, 0.717) is 6.54 Å². The molecule has 0 saturated heterocycles. The zero-order valence-corrected chi connectivity index (χ0v) is 11.5. The van der Waals surface area contributed by atoms with E-state index in [1.54, 1.807) is 0 Å². The number of para-hydroxylation sites is 1. The molecule has 0 unspecified atom stereocenters. The summed E-state index contributed by atoms with van der Waals surface area (Å²) >= 11 is 1.47. The van der Waals surface area contributed by atoms with Crippen molar-refractivity contribution in [1.29, 1.82) is 0 Å². The molecular formula is C15H15NO2S. The summed E-state index contributed by atoms with van der Waals surface area (Å²) in [5.74, 6) is 0.932. The molecule has 1 aliphatic rings. The Morgan fingerprint density at radius 2 is 2.26 bits per heavy atom. The van der Waals surface area contributed by atoms with Gasteiger partial charge in [0.25, 0.3) is 5.91 Å².